The van der Waals surface area contributed by atoms with Crippen molar-refractivity contribution in [2.45, 2.75) is 203 Å². The van der Waals surface area contributed by atoms with E-state index >= 15 is 0 Å². The Hall–Kier alpha value is -5.99. The number of aliphatic hydroxyl groups is 1. The number of hydrogen-bond acceptors (Lipinski definition) is 13. The summed E-state index contributed by atoms with van der Waals surface area (Å²) in [6, 6.07) is 35.3. The monoisotopic (exact) mass is 1380 g/mol. The van der Waals surface area contributed by atoms with Gasteiger partial charge in [0.2, 0.25) is 0 Å². The summed E-state index contributed by atoms with van der Waals surface area (Å²) in [5, 5.41) is 11.0. The third-order valence-corrected chi connectivity index (χ3v) is 15.0. The molecule has 10 atom stereocenters. The molecule has 0 aliphatic carbocycles. The van der Waals surface area contributed by atoms with E-state index in [2.05, 4.69) is 0 Å². The van der Waals surface area contributed by atoms with Crippen molar-refractivity contribution in [3.8, 4) is 0 Å². The van der Waals surface area contributed by atoms with Crippen molar-refractivity contribution in [2.24, 2.45) is 10.8 Å². The molecule has 0 bridgehead atoms. The Morgan fingerprint density at radius 3 is 1.11 bits per heavy atom. The molecule has 1 N–H and O–H groups in total. The van der Waals surface area contributed by atoms with Crippen LogP contribution in [-0.4, -0.2) is 146 Å². The Balaban J connectivity index is 1.30. The number of alkyl halides is 17. The van der Waals surface area contributed by atoms with Crippen molar-refractivity contribution < 1.29 is 137 Å². The molecule has 0 unspecified atom stereocenters. The summed E-state index contributed by atoms with van der Waals surface area (Å²) in [7, 11) is 0. The van der Waals surface area contributed by atoms with E-state index < -0.39 is 164 Å². The average molecular weight is 1390 g/mol. The molecule has 4 aromatic carbocycles. The van der Waals surface area contributed by atoms with Gasteiger partial charge in [-0.25, -0.2) is 0 Å². The molecule has 4 aromatic rings. The van der Waals surface area contributed by atoms with E-state index in [9.17, 15) is 89.3 Å². The highest BCUT2D eigenvalue weighted by Gasteiger charge is 2.95. The van der Waals surface area contributed by atoms with Crippen LogP contribution in [0, 0.1) is 10.8 Å². The SMILES string of the molecule is CC(C)(C)C(=O)O[C@H]1[C@H](OC[C@H]2O[C@@H](OCCC/C=C\CCC(F)(F)C(F)(F)C(F)(F)C(F)(F)C(F)(F)C(F)(F)C(F)(F)C(F)(F)F)[C@H](OC(=O)C(C)(C)C)[C@@H](OCc3ccccc3)[C@@H]2OCc2ccccc2)O[C@H](CO)[C@@H](OCc2ccccc2)[C@@H]1OCc1ccccc1. The fourth-order valence-electron chi connectivity index (χ4n) is 9.45. The number of allylic oxidation sites excluding steroid dienone is 2. The van der Waals surface area contributed by atoms with Gasteiger partial charge in [0.05, 0.1) is 57.1 Å². The zero-order valence-corrected chi connectivity index (χ0v) is 52.0. The first-order chi connectivity index (χ1) is 44.1. The van der Waals surface area contributed by atoms with Crippen LogP contribution in [0.15, 0.2) is 133 Å². The zero-order chi connectivity index (χ0) is 70.6. The standard InChI is InChI=1S/C65H73F17O13/c1-56(2,3)54(84)94-50-49(90-38-43-30-20-13-21-31-43)47(88-36-41-26-16-11-17-27-41)45(39-91-53-51(95-55(85)57(4,5)6)48(89-37-42-28-18-12-19-29-42)46(44(34-83)92-53)87-35-40-24-14-10-15-25-40)93-52(50)86-33-23-9-7-8-22-32-58(66,67)59(68,69)60(70,71)61(72,73)62(74,75)63(76,77)64(78,79)65(80,81)82/h7-8,10-21,24-31,44-53,83H,9,22-23,32-39H2,1-6H3/b8-7-/t44-,45-,46-,47-,48+,49+,50-,51-,52-,53-/m1/s1. The molecule has 13 nitrogen and oxygen atoms in total. The van der Waals surface area contributed by atoms with Crippen LogP contribution >= 0.6 is 0 Å². The lowest BCUT2D eigenvalue weighted by atomic mass is 9.88. The number of aliphatic hydroxyl groups excluding tert-OH is 1. The molecule has 2 aliphatic heterocycles. The van der Waals surface area contributed by atoms with Crippen molar-refractivity contribution in [1.29, 1.82) is 0 Å². The fourth-order valence-corrected chi connectivity index (χ4v) is 9.45. The van der Waals surface area contributed by atoms with Gasteiger partial charge in [0.15, 0.2) is 24.8 Å². The number of ether oxygens (including phenoxy) is 10. The minimum absolute atomic E-state index is 0.0145. The first-order valence-corrected chi connectivity index (χ1v) is 29.7. The second kappa shape index (κ2) is 31.7. The Labute approximate surface area is 536 Å². The zero-order valence-electron chi connectivity index (χ0n) is 52.0. The Kier molecular flexibility index (Phi) is 26.0. The molecule has 2 saturated heterocycles. The van der Waals surface area contributed by atoms with Crippen molar-refractivity contribution in [2.75, 3.05) is 19.8 Å². The van der Waals surface area contributed by atoms with Gasteiger partial charge in [0.25, 0.3) is 0 Å². The summed E-state index contributed by atoms with van der Waals surface area (Å²) < 4.78 is 301. The van der Waals surface area contributed by atoms with E-state index in [1.807, 2.05) is 0 Å². The molecule has 0 radical (unpaired) electrons. The summed E-state index contributed by atoms with van der Waals surface area (Å²) in [5.41, 5.74) is 0.340. The lowest BCUT2D eigenvalue weighted by Crippen LogP contribution is -2.74. The van der Waals surface area contributed by atoms with Gasteiger partial charge in [-0.1, -0.05) is 133 Å². The molecule has 30 heteroatoms. The Morgan fingerprint density at radius 1 is 0.411 bits per heavy atom. The van der Waals surface area contributed by atoms with Crippen molar-refractivity contribution in [3.63, 3.8) is 0 Å². The van der Waals surface area contributed by atoms with Gasteiger partial charge >= 0.3 is 59.6 Å². The maximum absolute atomic E-state index is 14.8. The summed E-state index contributed by atoms with van der Waals surface area (Å²) in [5.74, 6) is -58.6. The molecular weight excluding hydrogens is 1310 g/mol. The quantitative estimate of drug-likeness (QED) is 0.0214. The van der Waals surface area contributed by atoms with Gasteiger partial charge in [-0.2, -0.15) is 74.6 Å². The van der Waals surface area contributed by atoms with Gasteiger partial charge in [-0.15, -0.1) is 0 Å². The maximum atomic E-state index is 14.8. The molecule has 0 saturated carbocycles. The molecule has 2 aliphatic rings. The first-order valence-electron chi connectivity index (χ1n) is 29.7. The fraction of sp³-hybridized carbons (Fsp3) is 0.569. The van der Waals surface area contributed by atoms with Crippen LogP contribution in [0.3, 0.4) is 0 Å². The van der Waals surface area contributed by atoms with E-state index in [0.29, 0.717) is 22.8 Å². The number of carbonyl (C=O) groups excluding carboxylic acids is 2. The average Bonchev–Trinajstić information content (AvgIpc) is 0.697. The first kappa shape index (κ1) is 78.0. The molecular formula is C65H73F17O13. The van der Waals surface area contributed by atoms with Gasteiger partial charge in [-0.05, 0) is 83.1 Å². The smallest absolute Gasteiger partial charge is 0.454 e. The number of rotatable bonds is 32. The van der Waals surface area contributed by atoms with Crippen LogP contribution in [0.5, 0.6) is 0 Å². The van der Waals surface area contributed by atoms with Gasteiger partial charge < -0.3 is 52.5 Å². The number of hydrogen-bond donors (Lipinski definition) is 1. The summed E-state index contributed by atoms with van der Waals surface area (Å²) >= 11 is 0. The summed E-state index contributed by atoms with van der Waals surface area (Å²) in [4.78, 5) is 28.0. The van der Waals surface area contributed by atoms with Crippen molar-refractivity contribution >= 4 is 11.9 Å². The maximum Gasteiger partial charge on any atom is 0.460 e. The molecule has 0 amide bonds. The number of carbonyl (C=O) groups is 2. The van der Waals surface area contributed by atoms with Crippen LogP contribution in [0.4, 0.5) is 74.6 Å². The number of halogens is 17. The largest absolute Gasteiger partial charge is 0.460 e. The normalized spacial score (nSPS) is 23.2. The van der Waals surface area contributed by atoms with Crippen LogP contribution in [-0.2, 0) is 83.4 Å². The highest BCUT2D eigenvalue weighted by atomic mass is 19.4. The third-order valence-electron chi connectivity index (χ3n) is 15.0. The van der Waals surface area contributed by atoms with Crippen molar-refractivity contribution in [3.05, 3.63) is 156 Å². The Bertz CT molecular complexity index is 3040. The van der Waals surface area contributed by atoms with Crippen LogP contribution in [0.25, 0.3) is 0 Å². The second-order valence-corrected chi connectivity index (χ2v) is 24.6. The minimum Gasteiger partial charge on any atom is -0.454 e. The predicted molar refractivity (Wildman–Crippen MR) is 303 cm³/mol. The topological polar surface area (TPSA) is 147 Å². The minimum atomic E-state index is -8.74. The molecule has 530 valence electrons. The van der Waals surface area contributed by atoms with E-state index in [0.717, 1.165) is 11.6 Å². The predicted octanol–water partition coefficient (Wildman–Crippen LogP) is 14.8. The van der Waals surface area contributed by atoms with E-state index in [4.69, 9.17) is 47.4 Å². The van der Waals surface area contributed by atoms with E-state index in [1.165, 1.54) is 20.8 Å². The highest BCUT2D eigenvalue weighted by molar-refractivity contribution is 5.76. The van der Waals surface area contributed by atoms with Crippen LogP contribution in [0.1, 0.15) is 89.5 Å². The van der Waals surface area contributed by atoms with Crippen molar-refractivity contribution in [1.82, 2.24) is 0 Å². The summed E-state index contributed by atoms with van der Waals surface area (Å²) in [6.45, 7) is 7.32. The number of esters is 2. The van der Waals surface area contributed by atoms with Gasteiger partial charge in [0.1, 0.15) is 36.6 Å². The molecule has 6 rings (SSSR count). The van der Waals surface area contributed by atoms with Crippen LogP contribution < -0.4 is 0 Å². The molecule has 95 heavy (non-hydrogen) atoms. The highest BCUT2D eigenvalue weighted by Crippen LogP contribution is 2.64. The molecule has 2 fully saturated rings. The lowest BCUT2D eigenvalue weighted by Gasteiger charge is -2.47. The second-order valence-electron chi connectivity index (χ2n) is 24.6. The third kappa shape index (κ3) is 18.4. The van der Waals surface area contributed by atoms with Gasteiger partial charge in [-0.3, -0.25) is 9.59 Å². The molecule has 0 spiro atoms. The summed E-state index contributed by atoms with van der Waals surface area (Å²) in [6.07, 6.45) is -24.9. The Morgan fingerprint density at radius 2 is 0.737 bits per heavy atom. The van der Waals surface area contributed by atoms with E-state index in [-0.39, 0.29) is 39.3 Å². The van der Waals surface area contributed by atoms with Gasteiger partial charge in [0, 0.05) is 6.42 Å². The van der Waals surface area contributed by atoms with E-state index in [1.54, 1.807) is 142 Å². The molecule has 0 aromatic heterocycles. The van der Waals surface area contributed by atoms with Crippen LogP contribution in [0.2, 0.25) is 0 Å². The number of benzene rings is 4. The molecule has 2 heterocycles. The number of unbranched alkanes of at least 4 members (excludes halogenated alkanes) is 1. The lowest BCUT2D eigenvalue weighted by molar-refractivity contribution is -0.461.